The third-order valence-corrected chi connectivity index (χ3v) is 4.61. The van der Waals surface area contributed by atoms with E-state index in [0.29, 0.717) is 13.1 Å². The van der Waals surface area contributed by atoms with Crippen LogP contribution in [-0.4, -0.2) is 51.2 Å². The van der Waals surface area contributed by atoms with Gasteiger partial charge in [0, 0.05) is 25.7 Å². The van der Waals surface area contributed by atoms with E-state index in [1.165, 1.54) is 0 Å². The molecule has 0 aliphatic carbocycles. The second-order valence-corrected chi connectivity index (χ2v) is 7.49. The van der Waals surface area contributed by atoms with Crippen molar-refractivity contribution >= 4 is 15.9 Å². The molecule has 0 radical (unpaired) electrons. The minimum atomic E-state index is -3.26. The standard InChI is InChI=1S/C15H23N3O3S/c1-22(20,21)17-13-8-5-9-18(11-13)15(19)14(10-16)12-6-3-2-4-7-12/h2-4,6-7,13-14,17H,5,8-11,16H2,1H3/t13-,14-/m0/s1. The van der Waals surface area contributed by atoms with Crippen LogP contribution in [0.25, 0.3) is 0 Å². The molecule has 1 saturated heterocycles. The van der Waals surface area contributed by atoms with Crippen molar-refractivity contribution in [3.05, 3.63) is 35.9 Å². The van der Waals surface area contributed by atoms with E-state index in [9.17, 15) is 13.2 Å². The largest absolute Gasteiger partial charge is 0.341 e. The van der Waals surface area contributed by atoms with Crippen molar-refractivity contribution in [2.45, 2.75) is 24.8 Å². The quantitative estimate of drug-likeness (QED) is 0.813. The van der Waals surface area contributed by atoms with Crippen molar-refractivity contribution in [3.63, 3.8) is 0 Å². The number of nitrogens with zero attached hydrogens (tertiary/aromatic N) is 1. The maximum absolute atomic E-state index is 12.7. The van der Waals surface area contributed by atoms with Crippen LogP contribution in [0.4, 0.5) is 0 Å². The Bertz CT molecular complexity index is 604. The van der Waals surface area contributed by atoms with E-state index in [-0.39, 0.29) is 24.4 Å². The summed E-state index contributed by atoms with van der Waals surface area (Å²) in [6, 6.07) is 9.23. The average molecular weight is 325 g/mol. The molecule has 6 nitrogen and oxygen atoms in total. The number of hydrogen-bond acceptors (Lipinski definition) is 4. The molecule has 122 valence electrons. The van der Waals surface area contributed by atoms with E-state index >= 15 is 0 Å². The number of hydrogen-bond donors (Lipinski definition) is 2. The van der Waals surface area contributed by atoms with Gasteiger partial charge in [-0.25, -0.2) is 13.1 Å². The Morgan fingerprint density at radius 2 is 2.09 bits per heavy atom. The van der Waals surface area contributed by atoms with Crippen LogP contribution < -0.4 is 10.5 Å². The number of likely N-dealkylation sites (tertiary alicyclic amines) is 1. The van der Waals surface area contributed by atoms with Gasteiger partial charge in [-0.15, -0.1) is 0 Å². The third-order valence-electron chi connectivity index (χ3n) is 3.85. The maximum atomic E-state index is 12.7. The summed E-state index contributed by atoms with van der Waals surface area (Å²) in [6.45, 7) is 1.28. The highest BCUT2D eigenvalue weighted by atomic mass is 32.2. The van der Waals surface area contributed by atoms with E-state index in [2.05, 4.69) is 4.72 Å². The first-order valence-electron chi connectivity index (χ1n) is 7.42. The van der Waals surface area contributed by atoms with Crippen LogP contribution in [0.2, 0.25) is 0 Å². The van der Waals surface area contributed by atoms with E-state index in [4.69, 9.17) is 5.73 Å². The Labute approximate surface area is 131 Å². The number of amides is 1. The number of benzene rings is 1. The first kappa shape index (κ1) is 16.9. The van der Waals surface area contributed by atoms with Gasteiger partial charge in [-0.3, -0.25) is 4.79 Å². The minimum absolute atomic E-state index is 0.0336. The van der Waals surface area contributed by atoms with Crippen LogP contribution in [-0.2, 0) is 14.8 Å². The first-order chi connectivity index (χ1) is 10.4. The van der Waals surface area contributed by atoms with E-state index < -0.39 is 10.0 Å². The van der Waals surface area contributed by atoms with Crippen molar-refractivity contribution in [2.24, 2.45) is 5.73 Å². The summed E-state index contributed by atoms with van der Waals surface area (Å²) in [5.41, 5.74) is 6.69. The highest BCUT2D eigenvalue weighted by Gasteiger charge is 2.30. The zero-order valence-corrected chi connectivity index (χ0v) is 13.6. The molecule has 0 unspecified atom stereocenters. The van der Waals surface area contributed by atoms with Crippen molar-refractivity contribution < 1.29 is 13.2 Å². The van der Waals surface area contributed by atoms with Gasteiger partial charge in [-0.05, 0) is 18.4 Å². The predicted octanol–water partition coefficient (Wildman–Crippen LogP) is 0.269. The third kappa shape index (κ3) is 4.53. The number of rotatable bonds is 5. The van der Waals surface area contributed by atoms with Gasteiger partial charge >= 0.3 is 0 Å². The number of piperidine rings is 1. The van der Waals surface area contributed by atoms with Gasteiger partial charge in [0.2, 0.25) is 15.9 Å². The summed E-state index contributed by atoms with van der Waals surface area (Å²) < 4.78 is 25.3. The van der Waals surface area contributed by atoms with Crippen molar-refractivity contribution in [2.75, 3.05) is 25.9 Å². The molecule has 0 saturated carbocycles. The predicted molar refractivity (Wildman–Crippen MR) is 85.8 cm³/mol. The average Bonchev–Trinajstić information content (AvgIpc) is 2.47. The highest BCUT2D eigenvalue weighted by Crippen LogP contribution is 2.20. The first-order valence-corrected chi connectivity index (χ1v) is 9.31. The van der Waals surface area contributed by atoms with Gasteiger partial charge in [-0.2, -0.15) is 0 Å². The molecule has 1 aliphatic heterocycles. The molecular formula is C15H23N3O3S. The molecule has 1 aromatic rings. The van der Waals surface area contributed by atoms with Gasteiger partial charge in [0.25, 0.3) is 0 Å². The van der Waals surface area contributed by atoms with Crippen molar-refractivity contribution in [1.82, 2.24) is 9.62 Å². The molecule has 0 aromatic heterocycles. The lowest BCUT2D eigenvalue weighted by atomic mass is 9.96. The van der Waals surface area contributed by atoms with Gasteiger partial charge < -0.3 is 10.6 Å². The molecule has 7 heteroatoms. The number of carbonyl (C=O) groups is 1. The second kappa shape index (κ2) is 7.21. The number of nitrogens with one attached hydrogen (secondary N) is 1. The molecule has 0 bridgehead atoms. The highest BCUT2D eigenvalue weighted by molar-refractivity contribution is 7.88. The van der Waals surface area contributed by atoms with Gasteiger partial charge in [-0.1, -0.05) is 30.3 Å². The summed E-state index contributed by atoms with van der Waals surface area (Å²) in [6.07, 6.45) is 2.67. The summed E-state index contributed by atoms with van der Waals surface area (Å²) in [5.74, 6) is -0.410. The molecule has 1 fully saturated rings. The fourth-order valence-electron chi connectivity index (χ4n) is 2.86. The Hall–Kier alpha value is -1.44. The molecule has 3 N–H and O–H groups in total. The smallest absolute Gasteiger partial charge is 0.231 e. The van der Waals surface area contributed by atoms with Gasteiger partial charge in [0.05, 0.1) is 12.2 Å². The van der Waals surface area contributed by atoms with Gasteiger partial charge in [0.1, 0.15) is 0 Å². The van der Waals surface area contributed by atoms with Gasteiger partial charge in [0.15, 0.2) is 0 Å². The molecule has 2 rings (SSSR count). The number of carbonyl (C=O) groups excluding carboxylic acids is 1. The zero-order chi connectivity index (χ0) is 16.2. The van der Waals surface area contributed by atoms with Crippen LogP contribution in [0.3, 0.4) is 0 Å². The Morgan fingerprint density at radius 3 is 2.68 bits per heavy atom. The molecular weight excluding hydrogens is 302 g/mol. The monoisotopic (exact) mass is 325 g/mol. The summed E-state index contributed by atoms with van der Waals surface area (Å²) in [4.78, 5) is 14.4. The van der Waals surface area contributed by atoms with Crippen LogP contribution in [0.15, 0.2) is 30.3 Å². The molecule has 0 spiro atoms. The molecule has 1 amide bonds. The van der Waals surface area contributed by atoms with E-state index in [1.54, 1.807) is 4.90 Å². The molecule has 1 aliphatic rings. The topological polar surface area (TPSA) is 92.5 Å². The normalized spacial score (nSPS) is 20.6. The lowest BCUT2D eigenvalue weighted by molar-refractivity contribution is -0.133. The minimum Gasteiger partial charge on any atom is -0.341 e. The molecule has 1 heterocycles. The van der Waals surface area contributed by atoms with Crippen LogP contribution in [0.5, 0.6) is 0 Å². The van der Waals surface area contributed by atoms with Crippen LogP contribution in [0.1, 0.15) is 24.3 Å². The fraction of sp³-hybridized carbons (Fsp3) is 0.533. The Balaban J connectivity index is 2.07. The van der Waals surface area contributed by atoms with Crippen molar-refractivity contribution in [1.29, 1.82) is 0 Å². The van der Waals surface area contributed by atoms with Crippen LogP contribution in [0, 0.1) is 0 Å². The summed E-state index contributed by atoms with van der Waals surface area (Å²) in [5, 5.41) is 0. The fourth-order valence-corrected chi connectivity index (χ4v) is 3.66. The van der Waals surface area contributed by atoms with E-state index in [0.717, 1.165) is 24.7 Å². The molecule has 1 aromatic carbocycles. The zero-order valence-electron chi connectivity index (χ0n) is 12.7. The lowest BCUT2D eigenvalue weighted by Crippen LogP contribution is -2.51. The Morgan fingerprint density at radius 1 is 1.41 bits per heavy atom. The molecule has 22 heavy (non-hydrogen) atoms. The summed E-state index contributed by atoms with van der Waals surface area (Å²) in [7, 11) is -3.26. The maximum Gasteiger partial charge on any atom is 0.231 e. The van der Waals surface area contributed by atoms with E-state index in [1.807, 2.05) is 30.3 Å². The molecule has 2 atom stereocenters. The van der Waals surface area contributed by atoms with Crippen molar-refractivity contribution in [3.8, 4) is 0 Å². The second-order valence-electron chi connectivity index (χ2n) is 5.71. The number of nitrogens with two attached hydrogens (primary N) is 1. The number of sulfonamides is 1. The lowest BCUT2D eigenvalue weighted by Gasteiger charge is -2.34. The summed E-state index contributed by atoms with van der Waals surface area (Å²) >= 11 is 0. The van der Waals surface area contributed by atoms with Crippen LogP contribution >= 0.6 is 0 Å². The SMILES string of the molecule is CS(=O)(=O)N[C@H]1CCCN(C(=O)[C@@H](CN)c2ccccc2)C1. The Kier molecular flexibility index (Phi) is 5.55.